The number of hydrogen-bond donors (Lipinski definition) is 2. The number of aryl methyl sites for hydroxylation is 1. The van der Waals surface area contributed by atoms with Crippen LogP contribution in [0.5, 0.6) is 0 Å². The Balaban J connectivity index is 1.41. The topological polar surface area (TPSA) is 101 Å². The van der Waals surface area contributed by atoms with Crippen molar-refractivity contribution in [1.29, 1.82) is 0 Å². The summed E-state index contributed by atoms with van der Waals surface area (Å²) in [6.45, 7) is 1.70. The van der Waals surface area contributed by atoms with Gasteiger partial charge in [-0.25, -0.2) is 4.57 Å². The molecule has 4 heterocycles. The summed E-state index contributed by atoms with van der Waals surface area (Å²) in [7, 11) is 2.15. The highest BCUT2D eigenvalue weighted by molar-refractivity contribution is 9.12. The molecular weight excluding hydrogens is 508 g/mol. The molecule has 4 aliphatic rings. The summed E-state index contributed by atoms with van der Waals surface area (Å²) in [6, 6.07) is 4.53. The highest BCUT2D eigenvalue weighted by Crippen LogP contribution is 2.39. The Bertz CT molecular complexity index is 1050. The normalized spacial score (nSPS) is 33.6. The van der Waals surface area contributed by atoms with Gasteiger partial charge in [-0.2, -0.15) is 0 Å². The van der Waals surface area contributed by atoms with E-state index in [1.165, 1.54) is 17.7 Å². The maximum Gasteiger partial charge on any atom is 0.306 e. The van der Waals surface area contributed by atoms with Crippen molar-refractivity contribution in [3.8, 4) is 0 Å². The maximum absolute atomic E-state index is 11.4. The number of carboxylic acids is 1. The lowest BCUT2D eigenvalue weighted by Crippen LogP contribution is -2.37. The molecule has 1 saturated carbocycles. The predicted octanol–water partition coefficient (Wildman–Crippen LogP) is 4.00. The van der Waals surface area contributed by atoms with Gasteiger partial charge >= 0.3 is 5.97 Å². The van der Waals surface area contributed by atoms with E-state index in [9.17, 15) is 9.90 Å². The highest BCUT2D eigenvalue weighted by atomic mass is 79.9. The van der Waals surface area contributed by atoms with E-state index in [0.717, 1.165) is 61.2 Å². The van der Waals surface area contributed by atoms with E-state index in [-0.39, 0.29) is 29.8 Å². The molecule has 2 fully saturated rings. The molecule has 5 rings (SSSR count). The van der Waals surface area contributed by atoms with Crippen LogP contribution in [0.3, 0.4) is 0 Å². The largest absolute Gasteiger partial charge is 0.481 e. The minimum absolute atomic E-state index is 0.0652. The lowest BCUT2D eigenvalue weighted by molar-refractivity contribution is -0.681. The number of fused-ring (bicyclic) bond motifs is 2. The van der Waals surface area contributed by atoms with E-state index in [4.69, 9.17) is 20.5 Å². The zero-order valence-corrected chi connectivity index (χ0v) is 22.0. The summed E-state index contributed by atoms with van der Waals surface area (Å²) in [5, 5.41) is 9.40. The SMILES string of the molecule is C[n+]1cc(C2C=NC3CC2N=C(C2CCC(C(=O)O)CC2)C(Br)=C3N)ccc1C1CCCOCC1. The van der Waals surface area contributed by atoms with Crippen LogP contribution >= 0.6 is 15.9 Å². The Morgan fingerprint density at radius 3 is 2.69 bits per heavy atom. The van der Waals surface area contributed by atoms with Crippen molar-refractivity contribution < 1.29 is 19.2 Å². The number of carbonyl (C=O) groups is 1. The number of aromatic nitrogens is 1. The molecule has 1 saturated heterocycles. The molecule has 3 aliphatic heterocycles. The van der Waals surface area contributed by atoms with Crippen LogP contribution in [0.15, 0.2) is 38.5 Å². The summed E-state index contributed by atoms with van der Waals surface area (Å²) in [5.74, 6) is -0.0664. The number of rotatable bonds is 4. The monoisotopic (exact) mass is 543 g/mol. The third-order valence-corrected chi connectivity index (χ3v) is 9.23. The molecule has 1 aromatic heterocycles. The van der Waals surface area contributed by atoms with Gasteiger partial charge in [0.2, 0.25) is 0 Å². The van der Waals surface area contributed by atoms with Gasteiger partial charge in [-0.1, -0.05) is 0 Å². The van der Waals surface area contributed by atoms with Crippen LogP contribution in [-0.2, 0) is 16.6 Å². The average molecular weight is 545 g/mol. The molecule has 7 nitrogen and oxygen atoms in total. The van der Waals surface area contributed by atoms with Gasteiger partial charge in [0, 0.05) is 54.5 Å². The van der Waals surface area contributed by atoms with Gasteiger partial charge < -0.3 is 15.6 Å². The van der Waals surface area contributed by atoms with E-state index in [1.807, 2.05) is 6.21 Å². The molecule has 188 valence electrons. The van der Waals surface area contributed by atoms with Crippen molar-refractivity contribution in [1.82, 2.24) is 0 Å². The number of aliphatic imine (C=N–C) groups is 2. The number of allylic oxidation sites excluding steroid dienone is 1. The molecular formula is C27H36BrN4O3+. The molecule has 0 spiro atoms. The van der Waals surface area contributed by atoms with E-state index in [0.29, 0.717) is 18.8 Å². The van der Waals surface area contributed by atoms with Crippen molar-refractivity contribution in [3.63, 3.8) is 0 Å². The molecule has 4 atom stereocenters. The summed E-state index contributed by atoms with van der Waals surface area (Å²) in [5.41, 5.74) is 10.9. The van der Waals surface area contributed by atoms with Gasteiger partial charge in [-0.05, 0) is 73.4 Å². The Morgan fingerprint density at radius 2 is 1.94 bits per heavy atom. The quantitative estimate of drug-likeness (QED) is 0.560. The molecule has 3 N–H and O–H groups in total. The van der Waals surface area contributed by atoms with Crippen molar-refractivity contribution >= 4 is 33.8 Å². The lowest BCUT2D eigenvalue weighted by atomic mass is 9.79. The third-order valence-electron chi connectivity index (χ3n) is 8.36. The van der Waals surface area contributed by atoms with Gasteiger partial charge in [0.25, 0.3) is 0 Å². The summed E-state index contributed by atoms with van der Waals surface area (Å²) in [4.78, 5) is 21.6. The van der Waals surface area contributed by atoms with Gasteiger partial charge in [-0.3, -0.25) is 14.8 Å². The number of carboxylic acid groups (broad SMARTS) is 1. The molecule has 0 radical (unpaired) electrons. The fraction of sp³-hybridized carbons (Fsp3) is 0.630. The lowest BCUT2D eigenvalue weighted by Gasteiger charge is -2.29. The second-order valence-electron chi connectivity index (χ2n) is 10.6. The van der Waals surface area contributed by atoms with Crippen molar-refractivity contribution in [2.75, 3.05) is 13.2 Å². The number of aliphatic carboxylic acids is 1. The summed E-state index contributed by atoms with van der Waals surface area (Å²) in [6.07, 6.45) is 11.5. The number of nitrogens with two attached hydrogens (primary N) is 1. The second kappa shape index (κ2) is 10.5. The predicted molar refractivity (Wildman–Crippen MR) is 139 cm³/mol. The first-order valence-corrected chi connectivity index (χ1v) is 13.8. The van der Waals surface area contributed by atoms with Crippen LogP contribution in [0.25, 0.3) is 0 Å². The second-order valence-corrected chi connectivity index (χ2v) is 11.3. The van der Waals surface area contributed by atoms with Crippen LogP contribution in [-0.4, -0.2) is 48.3 Å². The molecule has 4 unspecified atom stereocenters. The Kier molecular flexibility index (Phi) is 7.39. The summed E-state index contributed by atoms with van der Waals surface area (Å²) < 4.78 is 8.82. The number of halogens is 1. The molecule has 1 aliphatic carbocycles. The van der Waals surface area contributed by atoms with Crippen molar-refractivity contribution in [2.45, 2.75) is 75.3 Å². The first-order chi connectivity index (χ1) is 16.9. The van der Waals surface area contributed by atoms with Crippen LogP contribution in [0.2, 0.25) is 0 Å². The van der Waals surface area contributed by atoms with Crippen molar-refractivity contribution in [2.24, 2.45) is 34.6 Å². The standard InChI is InChI=1S/C27H35BrN4O3/c1-32-15-19(8-9-23(32)16-3-2-11-35-12-10-16)20-14-30-22-13-21(20)31-26(24(28)25(22)29)17-4-6-18(7-5-17)27(33)34/h8-9,14-18,20-22H,2-7,10-13H2,1H3,(H2-,29,31,33,34)/p+1. The zero-order chi connectivity index (χ0) is 24.5. The Hall–Kier alpha value is -2.06. The minimum atomic E-state index is -0.683. The molecule has 2 bridgehead atoms. The molecule has 1 aromatic rings. The number of pyridine rings is 1. The smallest absolute Gasteiger partial charge is 0.306 e. The van der Waals surface area contributed by atoms with Crippen molar-refractivity contribution in [3.05, 3.63) is 39.8 Å². The van der Waals surface area contributed by atoms with Gasteiger partial charge in [-0.15, -0.1) is 0 Å². The Labute approximate surface area is 215 Å². The molecule has 0 amide bonds. The van der Waals surface area contributed by atoms with Gasteiger partial charge in [0.1, 0.15) is 7.05 Å². The summed E-state index contributed by atoms with van der Waals surface area (Å²) >= 11 is 3.75. The average Bonchev–Trinajstić information content (AvgIpc) is 3.19. The van der Waals surface area contributed by atoms with Crippen LogP contribution in [0.4, 0.5) is 0 Å². The Morgan fingerprint density at radius 1 is 1.14 bits per heavy atom. The maximum atomic E-state index is 11.4. The zero-order valence-electron chi connectivity index (χ0n) is 20.4. The highest BCUT2D eigenvalue weighted by Gasteiger charge is 2.38. The molecule has 35 heavy (non-hydrogen) atoms. The third kappa shape index (κ3) is 5.10. The number of ether oxygens (including phenoxy) is 1. The number of nitrogens with zero attached hydrogens (tertiary/aromatic N) is 3. The molecule has 0 aromatic carbocycles. The van der Waals surface area contributed by atoms with E-state index < -0.39 is 5.97 Å². The number of hydrogen-bond acceptors (Lipinski definition) is 5. The van der Waals surface area contributed by atoms with Crippen LogP contribution in [0.1, 0.15) is 74.5 Å². The van der Waals surface area contributed by atoms with Crippen LogP contribution < -0.4 is 10.3 Å². The van der Waals surface area contributed by atoms with Gasteiger partial charge in [0.05, 0.1) is 28.2 Å². The fourth-order valence-corrected chi connectivity index (χ4v) is 6.96. The fourth-order valence-electron chi connectivity index (χ4n) is 6.27. The van der Waals surface area contributed by atoms with E-state index >= 15 is 0 Å². The van der Waals surface area contributed by atoms with E-state index in [1.54, 1.807) is 0 Å². The first-order valence-electron chi connectivity index (χ1n) is 13.0. The minimum Gasteiger partial charge on any atom is -0.481 e. The first kappa shape index (κ1) is 24.6. The van der Waals surface area contributed by atoms with E-state index in [2.05, 4.69) is 45.9 Å². The van der Waals surface area contributed by atoms with Crippen LogP contribution in [0, 0.1) is 11.8 Å². The molecule has 8 heteroatoms. The van der Waals surface area contributed by atoms with Gasteiger partial charge in [0.15, 0.2) is 11.9 Å².